The van der Waals surface area contributed by atoms with Crippen molar-refractivity contribution in [3.8, 4) is 0 Å². The molecule has 3 fully saturated rings. The Labute approximate surface area is 211 Å². The van der Waals surface area contributed by atoms with Crippen molar-refractivity contribution in [1.29, 1.82) is 0 Å². The Kier molecular flexibility index (Phi) is 7.24. The second kappa shape index (κ2) is 10.1. The van der Waals surface area contributed by atoms with Crippen molar-refractivity contribution in [2.75, 3.05) is 12.3 Å². The summed E-state index contributed by atoms with van der Waals surface area (Å²) < 4.78 is 48.7. The molecule has 3 aliphatic heterocycles. The summed E-state index contributed by atoms with van der Waals surface area (Å²) >= 11 is 0. The second-order valence-corrected chi connectivity index (χ2v) is 13.2. The molecule has 196 valence electrons. The van der Waals surface area contributed by atoms with Crippen LogP contribution in [0.3, 0.4) is 0 Å². The zero-order valence-electron chi connectivity index (χ0n) is 20.6. The largest absolute Gasteiger partial charge is 0.352 e. The molecule has 0 radical (unpaired) electrons. The van der Waals surface area contributed by atoms with Crippen molar-refractivity contribution in [3.05, 3.63) is 62.4 Å². The van der Waals surface area contributed by atoms with Gasteiger partial charge in [0.2, 0.25) is 0 Å². The summed E-state index contributed by atoms with van der Waals surface area (Å²) in [4.78, 5) is 26.8. The Morgan fingerprint density at radius 3 is 2.64 bits per heavy atom. The van der Waals surface area contributed by atoms with Gasteiger partial charge in [0.25, 0.3) is 14.1 Å². The number of H-pyrrole nitrogens is 1. The van der Waals surface area contributed by atoms with Gasteiger partial charge in [0.15, 0.2) is 9.84 Å². The maximum atomic E-state index is 13.1. The molecule has 0 bridgehead atoms. The van der Waals surface area contributed by atoms with Crippen molar-refractivity contribution >= 4 is 18.4 Å². The molecule has 0 saturated carbocycles. The SMILES string of the molecule is CC[C@H]1O[C@@H](n2cc(C)c(=O)[nH]c2=O)C[C@H]1O[P@]1O[C@@H](CS(=O)(=O)c2ccc(C)cc2)[C@H]2CCCN21. The van der Waals surface area contributed by atoms with Gasteiger partial charge in [-0.25, -0.2) is 17.9 Å². The number of ether oxygens (including phenoxy) is 1. The first kappa shape index (κ1) is 25.8. The smallest absolute Gasteiger partial charge is 0.330 e. The average molecular weight is 538 g/mol. The molecule has 36 heavy (non-hydrogen) atoms. The first-order chi connectivity index (χ1) is 17.2. The first-order valence-corrected chi connectivity index (χ1v) is 15.1. The lowest BCUT2D eigenvalue weighted by molar-refractivity contribution is -0.0189. The summed E-state index contributed by atoms with van der Waals surface area (Å²) in [6.45, 7) is 6.35. The minimum atomic E-state index is -3.51. The van der Waals surface area contributed by atoms with Crippen molar-refractivity contribution in [2.24, 2.45) is 0 Å². The van der Waals surface area contributed by atoms with E-state index < -0.39 is 41.9 Å². The second-order valence-electron chi connectivity index (χ2n) is 9.74. The Bertz CT molecular complexity index is 1330. The fourth-order valence-corrected chi connectivity index (χ4v) is 8.72. The number of aryl methyl sites for hydroxylation is 2. The number of hydrogen-bond donors (Lipinski definition) is 1. The lowest BCUT2D eigenvalue weighted by Gasteiger charge is -2.25. The number of rotatable bonds is 7. The zero-order valence-corrected chi connectivity index (χ0v) is 22.3. The molecular weight excluding hydrogens is 505 g/mol. The molecule has 10 nitrogen and oxygen atoms in total. The topological polar surface area (TPSA) is 120 Å². The molecule has 2 aromatic rings. The van der Waals surface area contributed by atoms with E-state index in [0.717, 1.165) is 24.9 Å². The number of benzene rings is 1. The quantitative estimate of drug-likeness (QED) is 0.536. The van der Waals surface area contributed by atoms with Gasteiger partial charge in [-0.15, -0.1) is 0 Å². The minimum absolute atomic E-state index is 0.000929. The maximum Gasteiger partial charge on any atom is 0.330 e. The van der Waals surface area contributed by atoms with E-state index in [1.54, 1.807) is 31.2 Å². The van der Waals surface area contributed by atoms with Crippen LogP contribution in [0.4, 0.5) is 0 Å². The number of aromatic nitrogens is 2. The third-order valence-electron chi connectivity index (χ3n) is 7.16. The van der Waals surface area contributed by atoms with Gasteiger partial charge in [0.1, 0.15) is 6.23 Å². The highest BCUT2D eigenvalue weighted by molar-refractivity contribution is 7.91. The molecule has 1 N–H and O–H groups in total. The van der Waals surface area contributed by atoms with E-state index in [9.17, 15) is 18.0 Å². The highest BCUT2D eigenvalue weighted by Gasteiger charge is 2.50. The number of nitrogens with one attached hydrogen (secondary N) is 1. The van der Waals surface area contributed by atoms with Crippen LogP contribution < -0.4 is 11.2 Å². The lowest BCUT2D eigenvalue weighted by Crippen LogP contribution is -2.33. The van der Waals surface area contributed by atoms with E-state index in [4.69, 9.17) is 13.8 Å². The third kappa shape index (κ3) is 4.97. The van der Waals surface area contributed by atoms with Crippen LogP contribution >= 0.6 is 8.53 Å². The van der Waals surface area contributed by atoms with Crippen LogP contribution in [0.5, 0.6) is 0 Å². The monoisotopic (exact) mass is 537 g/mol. The van der Waals surface area contributed by atoms with Gasteiger partial charge >= 0.3 is 5.69 Å². The van der Waals surface area contributed by atoms with Crippen LogP contribution in [0.2, 0.25) is 0 Å². The Morgan fingerprint density at radius 2 is 1.92 bits per heavy atom. The van der Waals surface area contributed by atoms with Gasteiger partial charge in [0, 0.05) is 30.8 Å². The van der Waals surface area contributed by atoms with Crippen LogP contribution in [0, 0.1) is 13.8 Å². The maximum absolute atomic E-state index is 13.1. The fraction of sp³-hybridized carbons (Fsp3) is 0.583. The number of hydrogen-bond acceptors (Lipinski definition) is 8. The molecule has 0 unspecified atom stereocenters. The van der Waals surface area contributed by atoms with E-state index in [2.05, 4.69) is 9.65 Å². The molecule has 3 saturated heterocycles. The number of fused-ring (bicyclic) bond motifs is 1. The van der Waals surface area contributed by atoms with E-state index in [1.807, 2.05) is 13.8 Å². The summed E-state index contributed by atoms with van der Waals surface area (Å²) in [7, 11) is -4.97. The molecule has 6 atom stereocenters. The van der Waals surface area contributed by atoms with Crippen molar-refractivity contribution < 1.29 is 22.2 Å². The van der Waals surface area contributed by atoms with Crippen molar-refractivity contribution in [3.63, 3.8) is 0 Å². The molecule has 1 aromatic heterocycles. The molecule has 5 rings (SSSR count). The fourth-order valence-electron chi connectivity index (χ4n) is 5.15. The summed E-state index contributed by atoms with van der Waals surface area (Å²) in [6, 6.07) is 6.90. The molecule has 3 aliphatic rings. The Hall–Kier alpha value is -1.88. The predicted molar refractivity (Wildman–Crippen MR) is 135 cm³/mol. The molecule has 12 heteroatoms. The van der Waals surface area contributed by atoms with Gasteiger partial charge in [-0.1, -0.05) is 24.6 Å². The highest BCUT2D eigenvalue weighted by atomic mass is 32.2. The summed E-state index contributed by atoms with van der Waals surface area (Å²) in [6.07, 6.45) is 2.84. The molecular formula is C24H32N3O7PS. The summed E-state index contributed by atoms with van der Waals surface area (Å²) in [5.41, 5.74) is 0.502. The van der Waals surface area contributed by atoms with E-state index in [1.165, 1.54) is 10.8 Å². The summed E-state index contributed by atoms with van der Waals surface area (Å²) in [5.74, 6) is -0.0908. The first-order valence-electron chi connectivity index (χ1n) is 12.3. The van der Waals surface area contributed by atoms with Gasteiger partial charge in [-0.05, 0) is 45.2 Å². The number of sulfone groups is 1. The van der Waals surface area contributed by atoms with Gasteiger partial charge in [-0.3, -0.25) is 14.3 Å². The van der Waals surface area contributed by atoms with Crippen LogP contribution in [-0.4, -0.2) is 59.3 Å². The molecule has 4 heterocycles. The molecule has 0 amide bonds. The minimum Gasteiger partial charge on any atom is -0.352 e. The molecule has 0 aliphatic carbocycles. The number of nitrogens with zero attached hydrogens (tertiary/aromatic N) is 2. The summed E-state index contributed by atoms with van der Waals surface area (Å²) in [5, 5.41) is 0. The highest BCUT2D eigenvalue weighted by Crippen LogP contribution is 2.58. The van der Waals surface area contributed by atoms with Crippen LogP contribution in [-0.2, 0) is 23.6 Å². The lowest BCUT2D eigenvalue weighted by atomic mass is 10.1. The zero-order chi connectivity index (χ0) is 25.6. The van der Waals surface area contributed by atoms with Crippen molar-refractivity contribution in [1.82, 2.24) is 14.2 Å². The Balaban J connectivity index is 1.31. The van der Waals surface area contributed by atoms with Gasteiger partial charge in [0.05, 0.1) is 29.0 Å². The van der Waals surface area contributed by atoms with Gasteiger partial charge in [-0.2, -0.15) is 0 Å². The average Bonchev–Trinajstić information content (AvgIpc) is 3.54. The molecule has 0 spiro atoms. The van der Waals surface area contributed by atoms with Crippen molar-refractivity contribution in [2.45, 2.75) is 81.9 Å². The standard InChI is InChI=1S/C24H32N3O7PS/c1-4-19-20(12-22(32-19)26-13-16(3)23(28)25-24(26)29)33-35-27-11-5-6-18(27)21(34-35)14-36(30,31)17-9-7-15(2)8-10-17/h7-10,13,18-22H,4-6,11-12,14H2,1-3H3,(H,25,28,29)/t18-,19-,20-,21+,22-,35-/m1/s1. The van der Waals surface area contributed by atoms with Crippen LogP contribution in [0.25, 0.3) is 0 Å². The van der Waals surface area contributed by atoms with E-state index in [-0.39, 0.29) is 24.0 Å². The van der Waals surface area contributed by atoms with Crippen LogP contribution in [0.1, 0.15) is 50.0 Å². The normalized spacial score (nSPS) is 30.6. The van der Waals surface area contributed by atoms with Gasteiger partial charge < -0.3 is 13.8 Å². The molecule has 1 aromatic carbocycles. The number of aromatic amines is 1. The predicted octanol–water partition coefficient (Wildman–Crippen LogP) is 2.80. The Morgan fingerprint density at radius 1 is 1.17 bits per heavy atom. The third-order valence-corrected chi connectivity index (χ3v) is 10.7. The van der Waals surface area contributed by atoms with E-state index >= 15 is 0 Å². The van der Waals surface area contributed by atoms with Crippen LogP contribution in [0.15, 0.2) is 44.9 Å². The van der Waals surface area contributed by atoms with E-state index in [0.29, 0.717) is 23.3 Å².